The van der Waals surface area contributed by atoms with Crippen LogP contribution in [0.15, 0.2) is 18.3 Å². The van der Waals surface area contributed by atoms with Crippen molar-refractivity contribution < 1.29 is 22.7 Å². The lowest BCUT2D eigenvalue weighted by Crippen LogP contribution is -2.45. The number of hydrogen-bond acceptors (Lipinski definition) is 3. The predicted octanol–water partition coefficient (Wildman–Crippen LogP) is 4.35. The zero-order valence-corrected chi connectivity index (χ0v) is 14.1. The Kier molecular flexibility index (Phi) is 5.49. The Morgan fingerprint density at radius 1 is 1.08 bits per heavy atom. The average molecular weight is 356 g/mol. The summed E-state index contributed by atoms with van der Waals surface area (Å²) in [6.07, 6.45) is 5.61. The summed E-state index contributed by atoms with van der Waals surface area (Å²) in [7, 11) is 0. The zero-order chi connectivity index (χ0) is 17.9. The van der Waals surface area contributed by atoms with Crippen LogP contribution >= 0.6 is 0 Å². The van der Waals surface area contributed by atoms with Gasteiger partial charge in [0.1, 0.15) is 0 Å². The Labute approximate surface area is 145 Å². The second kappa shape index (κ2) is 7.62. The first-order valence-electron chi connectivity index (χ1n) is 8.92. The molecule has 2 aliphatic carbocycles. The summed E-state index contributed by atoms with van der Waals surface area (Å²) >= 11 is 0. The van der Waals surface area contributed by atoms with Gasteiger partial charge in [0.05, 0.1) is 5.56 Å². The van der Waals surface area contributed by atoms with E-state index in [4.69, 9.17) is 0 Å². The van der Waals surface area contributed by atoms with Gasteiger partial charge in [0.25, 0.3) is 5.91 Å². The highest BCUT2D eigenvalue weighted by Crippen LogP contribution is 2.32. The van der Waals surface area contributed by atoms with Crippen LogP contribution in [-0.4, -0.2) is 40.7 Å². The first-order chi connectivity index (χ1) is 11.9. The quantitative estimate of drug-likeness (QED) is 0.788. The molecule has 0 atom stereocenters. The maximum Gasteiger partial charge on any atom is 0.422 e. The molecule has 1 amide bonds. The van der Waals surface area contributed by atoms with Crippen LogP contribution in [0.1, 0.15) is 61.7 Å². The number of rotatable bonds is 5. The van der Waals surface area contributed by atoms with E-state index in [1.54, 1.807) is 0 Å². The molecule has 138 valence electrons. The summed E-state index contributed by atoms with van der Waals surface area (Å²) in [5.74, 6) is -0.184. The van der Waals surface area contributed by atoms with Crippen molar-refractivity contribution in [3.8, 4) is 5.88 Å². The van der Waals surface area contributed by atoms with Gasteiger partial charge in [-0.1, -0.05) is 25.7 Å². The average Bonchev–Trinajstić information content (AvgIpc) is 3.27. The SMILES string of the molecule is O=C(c1ccc(OCC(F)(F)F)nc1)N(C1CCCC1)C1CCCC1. The van der Waals surface area contributed by atoms with E-state index >= 15 is 0 Å². The highest BCUT2D eigenvalue weighted by molar-refractivity contribution is 5.94. The van der Waals surface area contributed by atoms with Crippen molar-refractivity contribution in [3.63, 3.8) is 0 Å². The van der Waals surface area contributed by atoms with Gasteiger partial charge < -0.3 is 9.64 Å². The summed E-state index contributed by atoms with van der Waals surface area (Å²) in [6.45, 7) is -1.39. The summed E-state index contributed by atoms with van der Waals surface area (Å²) in [5, 5.41) is 0. The van der Waals surface area contributed by atoms with Crippen molar-refractivity contribution >= 4 is 5.91 Å². The molecule has 0 spiro atoms. The molecule has 0 bridgehead atoms. The molecular formula is C18H23F3N2O2. The Morgan fingerprint density at radius 3 is 2.08 bits per heavy atom. The lowest BCUT2D eigenvalue weighted by Gasteiger charge is -2.34. The van der Waals surface area contributed by atoms with E-state index in [2.05, 4.69) is 9.72 Å². The van der Waals surface area contributed by atoms with Gasteiger partial charge in [-0.05, 0) is 31.7 Å². The van der Waals surface area contributed by atoms with Crippen LogP contribution in [0.3, 0.4) is 0 Å². The van der Waals surface area contributed by atoms with Crippen molar-refractivity contribution in [1.29, 1.82) is 0 Å². The third-order valence-corrected chi connectivity index (χ3v) is 5.04. The van der Waals surface area contributed by atoms with E-state index in [1.807, 2.05) is 4.90 Å². The number of carbonyl (C=O) groups is 1. The fourth-order valence-electron chi connectivity index (χ4n) is 3.89. The first kappa shape index (κ1) is 18.0. The highest BCUT2D eigenvalue weighted by Gasteiger charge is 2.34. The molecule has 2 fully saturated rings. The molecule has 0 aliphatic heterocycles. The molecule has 3 rings (SSSR count). The molecule has 0 N–H and O–H groups in total. The molecule has 2 aliphatic rings. The molecule has 0 unspecified atom stereocenters. The van der Waals surface area contributed by atoms with Crippen LogP contribution in [0.2, 0.25) is 0 Å². The third kappa shape index (κ3) is 4.64. The largest absolute Gasteiger partial charge is 0.468 e. The summed E-state index contributed by atoms with van der Waals surface area (Å²) in [5.41, 5.74) is 0.415. The number of alkyl halides is 3. The van der Waals surface area contributed by atoms with Crippen molar-refractivity contribution in [2.75, 3.05) is 6.61 Å². The van der Waals surface area contributed by atoms with Gasteiger partial charge in [0, 0.05) is 24.3 Å². The fraction of sp³-hybridized carbons (Fsp3) is 0.667. The van der Waals surface area contributed by atoms with Crippen LogP contribution in [0.5, 0.6) is 5.88 Å². The first-order valence-corrected chi connectivity index (χ1v) is 8.92. The molecule has 2 saturated carbocycles. The van der Waals surface area contributed by atoms with Gasteiger partial charge in [0.2, 0.25) is 5.88 Å². The number of ether oxygens (including phenoxy) is 1. The van der Waals surface area contributed by atoms with Crippen molar-refractivity contribution in [1.82, 2.24) is 9.88 Å². The molecular weight excluding hydrogens is 333 g/mol. The number of carbonyl (C=O) groups excluding carboxylic acids is 1. The molecule has 0 saturated heterocycles. The van der Waals surface area contributed by atoms with Gasteiger partial charge in [-0.3, -0.25) is 4.79 Å². The van der Waals surface area contributed by atoms with Crippen molar-refractivity contribution in [2.45, 2.75) is 69.6 Å². The third-order valence-electron chi connectivity index (χ3n) is 5.04. The van der Waals surface area contributed by atoms with Gasteiger partial charge in [-0.25, -0.2) is 4.98 Å². The highest BCUT2D eigenvalue weighted by atomic mass is 19.4. The second-order valence-electron chi connectivity index (χ2n) is 6.88. The number of halogens is 3. The number of aromatic nitrogens is 1. The minimum atomic E-state index is -4.40. The number of nitrogens with zero attached hydrogens (tertiary/aromatic N) is 2. The van der Waals surface area contributed by atoms with Crippen LogP contribution in [0.25, 0.3) is 0 Å². The Balaban J connectivity index is 1.70. The Morgan fingerprint density at radius 2 is 1.64 bits per heavy atom. The summed E-state index contributed by atoms with van der Waals surface area (Å²) in [4.78, 5) is 18.9. The Bertz CT molecular complexity index is 561. The standard InChI is InChI=1S/C18H23F3N2O2/c19-18(20,21)12-25-16-10-9-13(11-22-16)17(24)23(14-5-1-2-6-14)15-7-3-4-8-15/h9-11,14-15H,1-8,12H2. The number of pyridine rings is 1. The van der Waals surface area contributed by atoms with E-state index < -0.39 is 12.8 Å². The van der Waals surface area contributed by atoms with E-state index in [0.717, 1.165) is 51.4 Å². The maximum atomic E-state index is 13.0. The normalized spacial score (nSPS) is 19.3. The summed E-state index contributed by atoms with van der Waals surface area (Å²) in [6, 6.07) is 3.40. The second-order valence-corrected chi connectivity index (χ2v) is 6.88. The molecule has 0 aromatic carbocycles. The molecule has 1 heterocycles. The van der Waals surface area contributed by atoms with Crippen molar-refractivity contribution in [2.24, 2.45) is 0 Å². The van der Waals surface area contributed by atoms with Crippen LogP contribution in [0.4, 0.5) is 13.2 Å². The minimum Gasteiger partial charge on any atom is -0.468 e. The van der Waals surface area contributed by atoms with E-state index in [1.165, 1.54) is 18.3 Å². The van der Waals surface area contributed by atoms with E-state index in [-0.39, 0.29) is 23.9 Å². The van der Waals surface area contributed by atoms with Gasteiger partial charge in [-0.15, -0.1) is 0 Å². The monoisotopic (exact) mass is 356 g/mol. The number of amides is 1. The lowest BCUT2D eigenvalue weighted by atomic mass is 10.1. The minimum absolute atomic E-state index is 0.0614. The molecule has 4 nitrogen and oxygen atoms in total. The van der Waals surface area contributed by atoms with Gasteiger partial charge in [-0.2, -0.15) is 13.2 Å². The van der Waals surface area contributed by atoms with Crippen molar-refractivity contribution in [3.05, 3.63) is 23.9 Å². The smallest absolute Gasteiger partial charge is 0.422 e. The lowest BCUT2D eigenvalue weighted by molar-refractivity contribution is -0.154. The van der Waals surface area contributed by atoms with E-state index in [9.17, 15) is 18.0 Å². The zero-order valence-electron chi connectivity index (χ0n) is 14.1. The van der Waals surface area contributed by atoms with Gasteiger partial charge >= 0.3 is 6.18 Å². The number of hydrogen-bond donors (Lipinski definition) is 0. The topological polar surface area (TPSA) is 42.4 Å². The van der Waals surface area contributed by atoms with Crippen LogP contribution in [-0.2, 0) is 0 Å². The van der Waals surface area contributed by atoms with Crippen LogP contribution < -0.4 is 4.74 Å². The van der Waals surface area contributed by atoms with E-state index in [0.29, 0.717) is 5.56 Å². The fourth-order valence-corrected chi connectivity index (χ4v) is 3.89. The molecule has 7 heteroatoms. The molecule has 1 aromatic rings. The molecule has 0 radical (unpaired) electrons. The summed E-state index contributed by atoms with van der Waals surface area (Å²) < 4.78 is 41.2. The Hall–Kier alpha value is -1.79. The molecule has 25 heavy (non-hydrogen) atoms. The molecule has 1 aromatic heterocycles. The van der Waals surface area contributed by atoms with Crippen LogP contribution in [0, 0.1) is 0 Å². The maximum absolute atomic E-state index is 13.0. The predicted molar refractivity (Wildman–Crippen MR) is 86.5 cm³/mol. The van der Waals surface area contributed by atoms with Gasteiger partial charge in [0.15, 0.2) is 6.61 Å².